The number of nitrogens with one attached hydrogen (secondary N) is 1. The Kier molecular flexibility index (Phi) is 6.27. The molecule has 1 rings (SSSR count). The SMILES string of the molecule is CSCC(C)(O)CNC(C)C1CCCN(C)C1. The molecule has 1 saturated heterocycles. The van der Waals surface area contributed by atoms with Crippen molar-refractivity contribution in [3.05, 3.63) is 0 Å². The highest BCUT2D eigenvalue weighted by atomic mass is 32.2. The molecule has 0 aromatic rings. The van der Waals surface area contributed by atoms with Crippen molar-refractivity contribution in [2.45, 2.75) is 38.3 Å². The second-order valence-electron chi connectivity index (χ2n) is 5.76. The van der Waals surface area contributed by atoms with E-state index in [0.29, 0.717) is 12.6 Å². The summed E-state index contributed by atoms with van der Waals surface area (Å²) in [6, 6.07) is 0.492. The molecule has 3 unspecified atom stereocenters. The van der Waals surface area contributed by atoms with Crippen molar-refractivity contribution >= 4 is 11.8 Å². The summed E-state index contributed by atoms with van der Waals surface area (Å²) < 4.78 is 0. The van der Waals surface area contributed by atoms with Crippen LogP contribution in [-0.2, 0) is 0 Å². The van der Waals surface area contributed by atoms with Gasteiger partial charge in [-0.3, -0.25) is 0 Å². The molecule has 3 nitrogen and oxygen atoms in total. The summed E-state index contributed by atoms with van der Waals surface area (Å²) in [5.74, 6) is 1.51. The molecule has 4 heteroatoms. The third kappa shape index (κ3) is 5.60. The molecule has 0 aromatic heterocycles. The molecular weight excluding hydrogens is 232 g/mol. The van der Waals surface area contributed by atoms with Gasteiger partial charge in [0, 0.05) is 24.9 Å². The highest BCUT2D eigenvalue weighted by Gasteiger charge is 2.25. The lowest BCUT2D eigenvalue weighted by molar-refractivity contribution is 0.0754. The van der Waals surface area contributed by atoms with Gasteiger partial charge in [-0.25, -0.2) is 0 Å². The maximum atomic E-state index is 10.1. The Hall–Kier alpha value is 0.230. The topological polar surface area (TPSA) is 35.5 Å². The van der Waals surface area contributed by atoms with Crippen LogP contribution < -0.4 is 5.32 Å². The summed E-state index contributed by atoms with van der Waals surface area (Å²) in [6.45, 7) is 7.26. The molecule has 1 heterocycles. The quantitative estimate of drug-likeness (QED) is 0.757. The first-order chi connectivity index (χ1) is 7.94. The van der Waals surface area contributed by atoms with E-state index in [-0.39, 0.29) is 0 Å². The van der Waals surface area contributed by atoms with Crippen molar-refractivity contribution in [3.8, 4) is 0 Å². The van der Waals surface area contributed by atoms with Crippen LogP contribution in [0.3, 0.4) is 0 Å². The minimum absolute atomic E-state index is 0.492. The van der Waals surface area contributed by atoms with E-state index >= 15 is 0 Å². The molecular formula is C13H28N2OS. The maximum absolute atomic E-state index is 10.1. The molecule has 102 valence electrons. The molecule has 0 amide bonds. The zero-order valence-corrected chi connectivity index (χ0v) is 12.5. The first-order valence-corrected chi connectivity index (χ1v) is 7.97. The fraction of sp³-hybridized carbons (Fsp3) is 1.00. The Balaban J connectivity index is 2.30. The fourth-order valence-corrected chi connectivity index (χ4v) is 3.25. The molecule has 1 aliphatic rings. The van der Waals surface area contributed by atoms with Crippen molar-refractivity contribution in [2.75, 3.05) is 38.7 Å². The zero-order valence-electron chi connectivity index (χ0n) is 11.7. The van der Waals surface area contributed by atoms with Crippen LogP contribution in [0.15, 0.2) is 0 Å². The van der Waals surface area contributed by atoms with E-state index in [4.69, 9.17) is 0 Å². The van der Waals surface area contributed by atoms with Crippen molar-refractivity contribution in [1.82, 2.24) is 10.2 Å². The van der Waals surface area contributed by atoms with Gasteiger partial charge in [-0.05, 0) is 52.5 Å². The van der Waals surface area contributed by atoms with Gasteiger partial charge in [-0.2, -0.15) is 11.8 Å². The molecule has 3 atom stereocenters. The minimum Gasteiger partial charge on any atom is -0.388 e. The molecule has 0 bridgehead atoms. The fourth-order valence-electron chi connectivity index (χ4n) is 2.52. The Morgan fingerprint density at radius 3 is 2.88 bits per heavy atom. The van der Waals surface area contributed by atoms with Gasteiger partial charge in [0.2, 0.25) is 0 Å². The van der Waals surface area contributed by atoms with E-state index in [9.17, 15) is 5.11 Å². The van der Waals surface area contributed by atoms with E-state index in [1.807, 2.05) is 13.2 Å². The first-order valence-electron chi connectivity index (χ1n) is 6.58. The maximum Gasteiger partial charge on any atom is 0.0833 e. The third-order valence-corrected chi connectivity index (χ3v) is 4.54. The second-order valence-corrected chi connectivity index (χ2v) is 6.63. The number of nitrogens with zero attached hydrogens (tertiary/aromatic N) is 1. The largest absolute Gasteiger partial charge is 0.388 e. The van der Waals surface area contributed by atoms with Crippen molar-refractivity contribution in [1.29, 1.82) is 0 Å². The molecule has 0 spiro atoms. The van der Waals surface area contributed by atoms with Crippen LogP contribution in [0.2, 0.25) is 0 Å². The van der Waals surface area contributed by atoms with Gasteiger partial charge >= 0.3 is 0 Å². The summed E-state index contributed by atoms with van der Waals surface area (Å²) in [6.07, 6.45) is 4.64. The highest BCUT2D eigenvalue weighted by Crippen LogP contribution is 2.19. The zero-order chi connectivity index (χ0) is 12.9. The van der Waals surface area contributed by atoms with Crippen LogP contribution >= 0.6 is 11.8 Å². The molecule has 1 fully saturated rings. The average Bonchev–Trinajstić information content (AvgIpc) is 2.26. The normalized spacial score (nSPS) is 27.7. The van der Waals surface area contributed by atoms with Gasteiger partial charge in [-0.15, -0.1) is 0 Å². The van der Waals surface area contributed by atoms with E-state index in [1.54, 1.807) is 11.8 Å². The van der Waals surface area contributed by atoms with Crippen LogP contribution in [-0.4, -0.2) is 60.3 Å². The van der Waals surface area contributed by atoms with Crippen molar-refractivity contribution < 1.29 is 5.11 Å². The average molecular weight is 260 g/mol. The van der Waals surface area contributed by atoms with Gasteiger partial charge in [-0.1, -0.05) is 0 Å². The summed E-state index contributed by atoms with van der Waals surface area (Å²) >= 11 is 1.70. The van der Waals surface area contributed by atoms with E-state index < -0.39 is 5.60 Å². The molecule has 17 heavy (non-hydrogen) atoms. The highest BCUT2D eigenvalue weighted by molar-refractivity contribution is 7.98. The van der Waals surface area contributed by atoms with Gasteiger partial charge in [0.05, 0.1) is 5.60 Å². The lowest BCUT2D eigenvalue weighted by atomic mass is 9.91. The molecule has 0 saturated carbocycles. The molecule has 0 aliphatic carbocycles. The van der Waals surface area contributed by atoms with Gasteiger partial charge in [0.1, 0.15) is 0 Å². The van der Waals surface area contributed by atoms with E-state index in [1.165, 1.54) is 25.9 Å². The summed E-state index contributed by atoms with van der Waals surface area (Å²) in [4.78, 5) is 2.41. The number of aliphatic hydroxyl groups is 1. The lowest BCUT2D eigenvalue weighted by Crippen LogP contribution is -2.48. The summed E-state index contributed by atoms with van der Waals surface area (Å²) in [5, 5.41) is 13.6. The number of likely N-dealkylation sites (tertiary alicyclic amines) is 1. The Morgan fingerprint density at radius 2 is 2.29 bits per heavy atom. The lowest BCUT2D eigenvalue weighted by Gasteiger charge is -2.35. The minimum atomic E-state index is -0.589. The van der Waals surface area contributed by atoms with Gasteiger partial charge in [0.15, 0.2) is 0 Å². The predicted molar refractivity (Wildman–Crippen MR) is 76.7 cm³/mol. The summed E-state index contributed by atoms with van der Waals surface area (Å²) in [7, 11) is 2.20. The van der Waals surface area contributed by atoms with Gasteiger partial charge in [0.25, 0.3) is 0 Å². The monoisotopic (exact) mass is 260 g/mol. The number of rotatable bonds is 6. The van der Waals surface area contributed by atoms with Crippen LogP contribution in [0.5, 0.6) is 0 Å². The smallest absolute Gasteiger partial charge is 0.0833 e. The second kappa shape index (κ2) is 6.98. The Labute approximate surface area is 110 Å². The van der Waals surface area contributed by atoms with E-state index in [0.717, 1.165) is 11.7 Å². The summed E-state index contributed by atoms with van der Waals surface area (Å²) in [5.41, 5.74) is -0.589. The predicted octanol–water partition coefficient (Wildman–Crippen LogP) is 1.42. The number of hydrogen-bond donors (Lipinski definition) is 2. The number of piperidine rings is 1. The molecule has 2 N–H and O–H groups in total. The third-order valence-electron chi connectivity index (χ3n) is 3.63. The molecule has 1 aliphatic heterocycles. The number of thioether (sulfide) groups is 1. The van der Waals surface area contributed by atoms with Crippen LogP contribution in [0.25, 0.3) is 0 Å². The van der Waals surface area contributed by atoms with Gasteiger partial charge < -0.3 is 15.3 Å². The molecule has 0 radical (unpaired) electrons. The van der Waals surface area contributed by atoms with Crippen LogP contribution in [0.1, 0.15) is 26.7 Å². The van der Waals surface area contributed by atoms with Crippen molar-refractivity contribution in [3.63, 3.8) is 0 Å². The number of hydrogen-bond acceptors (Lipinski definition) is 4. The first kappa shape index (κ1) is 15.3. The standard InChI is InChI=1S/C13H28N2OS/c1-11(12-6-5-7-15(3)8-12)14-9-13(2,16)10-17-4/h11-12,14,16H,5-10H2,1-4H3. The van der Waals surface area contributed by atoms with Crippen LogP contribution in [0, 0.1) is 5.92 Å². The Bertz CT molecular complexity index is 223. The van der Waals surface area contributed by atoms with Crippen molar-refractivity contribution in [2.24, 2.45) is 5.92 Å². The molecule has 0 aromatic carbocycles. The Morgan fingerprint density at radius 1 is 1.59 bits per heavy atom. The van der Waals surface area contributed by atoms with Crippen LogP contribution in [0.4, 0.5) is 0 Å². The van der Waals surface area contributed by atoms with E-state index in [2.05, 4.69) is 24.2 Å².